The average Bonchev–Trinajstić information content (AvgIpc) is 3.00. The molecule has 0 N–H and O–H groups in total. The Hall–Kier alpha value is -1.99. The van der Waals surface area contributed by atoms with E-state index in [4.69, 9.17) is 44.9 Å². The summed E-state index contributed by atoms with van der Waals surface area (Å²) in [7, 11) is 0. The van der Waals surface area contributed by atoms with Gasteiger partial charge in [-0.15, -0.1) is 6.58 Å². The molecule has 1 heterocycles. The predicted octanol–water partition coefficient (Wildman–Crippen LogP) is 7.27. The van der Waals surface area contributed by atoms with E-state index < -0.39 is 0 Å². The number of hydrogen-bond acceptors (Lipinski definition) is 5. The van der Waals surface area contributed by atoms with E-state index in [0.29, 0.717) is 49.7 Å². The lowest BCUT2D eigenvalue weighted by Crippen LogP contribution is -2.27. The number of halogens is 2. The zero-order chi connectivity index (χ0) is 24.1. The molecule has 4 nitrogen and oxygen atoms in total. The quantitative estimate of drug-likeness (QED) is 0.150. The van der Waals surface area contributed by atoms with Gasteiger partial charge in [0.15, 0.2) is 0 Å². The normalized spacial score (nSPS) is 15.0. The Balaban J connectivity index is 1.76. The summed E-state index contributed by atoms with van der Waals surface area (Å²) in [6, 6.07) is 9.52. The van der Waals surface area contributed by atoms with E-state index in [2.05, 4.69) is 32.6 Å². The van der Waals surface area contributed by atoms with Crippen molar-refractivity contribution in [2.24, 2.45) is 0 Å². The Bertz CT molecular complexity index is 1120. The number of amides is 1. The maximum Gasteiger partial charge on any atom is 0.266 e. The minimum absolute atomic E-state index is 0.184. The van der Waals surface area contributed by atoms with Crippen molar-refractivity contribution in [2.45, 2.75) is 26.7 Å². The second kappa shape index (κ2) is 11.4. The molecule has 1 amide bonds. The molecule has 3 rings (SSSR count). The maximum atomic E-state index is 12.7. The molecule has 0 aliphatic carbocycles. The molecule has 0 spiro atoms. The number of carbonyl (C=O) groups is 1. The second-order valence-corrected chi connectivity index (χ2v) is 10.3. The first-order chi connectivity index (χ1) is 15.7. The van der Waals surface area contributed by atoms with Crippen molar-refractivity contribution in [3.63, 3.8) is 0 Å². The third-order valence-electron chi connectivity index (χ3n) is 4.89. The van der Waals surface area contributed by atoms with E-state index in [1.165, 1.54) is 16.7 Å². The van der Waals surface area contributed by atoms with Crippen molar-refractivity contribution in [3.8, 4) is 11.5 Å². The summed E-state index contributed by atoms with van der Waals surface area (Å²) in [6.07, 6.45) is 3.34. The molecule has 1 aliphatic rings. The van der Waals surface area contributed by atoms with Gasteiger partial charge in [-0.05, 0) is 48.2 Å². The van der Waals surface area contributed by atoms with Gasteiger partial charge in [0.2, 0.25) is 0 Å². The van der Waals surface area contributed by atoms with Crippen LogP contribution in [0.2, 0.25) is 10.0 Å². The van der Waals surface area contributed by atoms with E-state index in [0.717, 1.165) is 16.9 Å². The first-order valence-electron chi connectivity index (χ1n) is 10.4. The van der Waals surface area contributed by atoms with Gasteiger partial charge >= 0.3 is 0 Å². The summed E-state index contributed by atoms with van der Waals surface area (Å²) >= 11 is 19.2. The zero-order valence-electron chi connectivity index (χ0n) is 18.7. The van der Waals surface area contributed by atoms with Crippen LogP contribution in [0.1, 0.15) is 36.5 Å². The Labute approximate surface area is 214 Å². The summed E-state index contributed by atoms with van der Waals surface area (Å²) in [5, 5.41) is 0.798. The molecular formula is C25H25Cl2NO3S2. The molecule has 2 aromatic rings. The molecule has 0 saturated carbocycles. The Morgan fingerprint density at radius 2 is 1.91 bits per heavy atom. The van der Waals surface area contributed by atoms with Crippen molar-refractivity contribution < 1.29 is 14.3 Å². The summed E-state index contributed by atoms with van der Waals surface area (Å²) in [4.78, 5) is 14.7. The van der Waals surface area contributed by atoms with Gasteiger partial charge < -0.3 is 9.47 Å². The van der Waals surface area contributed by atoms with Crippen LogP contribution in [0.25, 0.3) is 6.08 Å². The van der Waals surface area contributed by atoms with E-state index >= 15 is 0 Å². The molecule has 0 atom stereocenters. The monoisotopic (exact) mass is 521 g/mol. The van der Waals surface area contributed by atoms with Gasteiger partial charge in [-0.1, -0.05) is 79.2 Å². The van der Waals surface area contributed by atoms with Crippen LogP contribution in [0.15, 0.2) is 47.9 Å². The summed E-state index contributed by atoms with van der Waals surface area (Å²) in [5.74, 6) is 1.45. The molecule has 174 valence electrons. The number of thioether (sulfide) groups is 1. The molecule has 1 aliphatic heterocycles. The Morgan fingerprint density at radius 3 is 2.61 bits per heavy atom. The van der Waals surface area contributed by atoms with Crippen LogP contribution >= 0.6 is 47.2 Å². The van der Waals surface area contributed by atoms with Crippen LogP contribution in [0.5, 0.6) is 11.5 Å². The topological polar surface area (TPSA) is 38.8 Å². The largest absolute Gasteiger partial charge is 0.490 e. The van der Waals surface area contributed by atoms with Crippen molar-refractivity contribution in [2.75, 3.05) is 19.8 Å². The predicted molar refractivity (Wildman–Crippen MR) is 143 cm³/mol. The molecule has 1 fully saturated rings. The van der Waals surface area contributed by atoms with Gasteiger partial charge in [0.05, 0.1) is 9.93 Å². The van der Waals surface area contributed by atoms with Crippen LogP contribution in [0.4, 0.5) is 0 Å². The number of hydrogen-bond donors (Lipinski definition) is 0. The molecule has 0 bridgehead atoms. The minimum atomic E-state index is -0.184. The number of thiocarbonyl (C=S) groups is 1. The van der Waals surface area contributed by atoms with Crippen LogP contribution < -0.4 is 9.47 Å². The summed E-state index contributed by atoms with van der Waals surface area (Å²) in [6.45, 7) is 10.9. The smallest absolute Gasteiger partial charge is 0.266 e. The Kier molecular flexibility index (Phi) is 8.88. The third kappa shape index (κ3) is 6.33. The van der Waals surface area contributed by atoms with Crippen LogP contribution in [-0.2, 0) is 4.79 Å². The highest BCUT2D eigenvalue weighted by atomic mass is 35.5. The molecular weight excluding hydrogens is 497 g/mol. The van der Waals surface area contributed by atoms with Gasteiger partial charge in [0, 0.05) is 17.1 Å². The lowest BCUT2D eigenvalue weighted by atomic mass is 10.0. The molecule has 0 unspecified atom stereocenters. The van der Waals surface area contributed by atoms with Crippen molar-refractivity contribution >= 4 is 63.5 Å². The lowest BCUT2D eigenvalue weighted by molar-refractivity contribution is -0.121. The van der Waals surface area contributed by atoms with Crippen LogP contribution in [-0.4, -0.2) is 34.9 Å². The molecule has 0 aromatic heterocycles. The fourth-order valence-electron chi connectivity index (χ4n) is 3.31. The van der Waals surface area contributed by atoms with Crippen molar-refractivity contribution in [1.29, 1.82) is 0 Å². The maximum absolute atomic E-state index is 12.7. The highest BCUT2D eigenvalue weighted by molar-refractivity contribution is 8.26. The number of ether oxygens (including phenoxy) is 2. The minimum Gasteiger partial charge on any atom is -0.490 e. The highest BCUT2D eigenvalue weighted by Gasteiger charge is 2.31. The van der Waals surface area contributed by atoms with Crippen LogP contribution in [0, 0.1) is 6.92 Å². The number of carbonyl (C=O) groups excluding carboxylic acids is 1. The first kappa shape index (κ1) is 25.6. The number of rotatable bonds is 9. The molecule has 33 heavy (non-hydrogen) atoms. The van der Waals surface area contributed by atoms with Gasteiger partial charge in [-0.3, -0.25) is 9.69 Å². The Morgan fingerprint density at radius 1 is 1.18 bits per heavy atom. The standard InChI is InChI=1S/C25H25Cl2NO3S2/c1-5-8-28-24(29)22(33-25(28)32)13-17-12-18(26)14-20(27)23(17)31-10-9-30-21-11-16(4)6-7-19(21)15(2)3/h5-7,11-15H,1,8-10H2,2-4H3. The first-order valence-corrected chi connectivity index (χ1v) is 12.4. The number of aryl methyl sites for hydroxylation is 1. The van der Waals surface area contributed by atoms with E-state index in [-0.39, 0.29) is 12.5 Å². The zero-order valence-corrected chi connectivity index (χ0v) is 21.8. The SMILES string of the molecule is C=CCN1C(=O)C(=Cc2cc(Cl)cc(Cl)c2OCCOc2cc(C)ccc2C(C)C)SC1=S. The molecule has 1 saturated heterocycles. The molecule has 8 heteroatoms. The van der Waals surface area contributed by atoms with E-state index in [1.807, 2.05) is 13.0 Å². The fourth-order valence-corrected chi connectivity index (χ4v) is 5.14. The number of benzene rings is 2. The lowest BCUT2D eigenvalue weighted by Gasteiger charge is -2.16. The highest BCUT2D eigenvalue weighted by Crippen LogP contribution is 2.38. The van der Waals surface area contributed by atoms with Crippen LogP contribution in [0.3, 0.4) is 0 Å². The van der Waals surface area contributed by atoms with E-state index in [9.17, 15) is 4.79 Å². The van der Waals surface area contributed by atoms with Crippen molar-refractivity contribution in [3.05, 3.63) is 74.6 Å². The van der Waals surface area contributed by atoms with Gasteiger partial charge in [0.25, 0.3) is 5.91 Å². The molecule has 0 radical (unpaired) electrons. The van der Waals surface area contributed by atoms with Gasteiger partial charge in [0.1, 0.15) is 29.0 Å². The fraction of sp³-hybridized carbons (Fsp3) is 0.280. The average molecular weight is 523 g/mol. The summed E-state index contributed by atoms with van der Waals surface area (Å²) < 4.78 is 12.5. The van der Waals surface area contributed by atoms with Crippen molar-refractivity contribution in [1.82, 2.24) is 4.90 Å². The molecule has 2 aromatic carbocycles. The summed E-state index contributed by atoms with van der Waals surface area (Å²) in [5.41, 5.74) is 2.88. The van der Waals surface area contributed by atoms with E-state index in [1.54, 1.807) is 24.3 Å². The number of nitrogens with zero attached hydrogens (tertiary/aromatic N) is 1. The van der Waals surface area contributed by atoms with Gasteiger partial charge in [-0.25, -0.2) is 0 Å². The third-order valence-corrected chi connectivity index (χ3v) is 6.76. The van der Waals surface area contributed by atoms with Gasteiger partial charge in [-0.2, -0.15) is 0 Å². The second-order valence-electron chi connectivity index (χ2n) is 7.78.